The van der Waals surface area contributed by atoms with Gasteiger partial charge < -0.3 is 18.9 Å². The van der Waals surface area contributed by atoms with Crippen LogP contribution in [0.5, 0.6) is 0 Å². The first-order valence-electron chi connectivity index (χ1n) is 11.2. The average molecular weight is 463 g/mol. The lowest BCUT2D eigenvalue weighted by molar-refractivity contribution is 0.0555. The lowest BCUT2D eigenvalue weighted by Crippen LogP contribution is -2.15. The molecule has 0 spiro atoms. The van der Waals surface area contributed by atoms with Crippen molar-refractivity contribution in [2.45, 2.75) is 26.1 Å². The summed E-state index contributed by atoms with van der Waals surface area (Å²) >= 11 is 0. The Kier molecular flexibility index (Phi) is 9.82. The van der Waals surface area contributed by atoms with Gasteiger partial charge in [-0.2, -0.15) is 0 Å². The van der Waals surface area contributed by atoms with Gasteiger partial charge in [0.1, 0.15) is 0 Å². The van der Waals surface area contributed by atoms with Gasteiger partial charge in [0.15, 0.2) is 0 Å². The summed E-state index contributed by atoms with van der Waals surface area (Å²) < 4.78 is 21.5. The Balaban J connectivity index is 1.73. The molecule has 178 valence electrons. The number of carbonyl (C=O) groups excluding carboxylic acids is 2. The molecular weight excluding hydrogens is 432 g/mol. The minimum atomic E-state index is -0.585. The second-order valence-electron chi connectivity index (χ2n) is 7.73. The molecule has 0 N–H and O–H groups in total. The summed E-state index contributed by atoms with van der Waals surface area (Å²) in [5.74, 6) is -1.17. The summed E-state index contributed by atoms with van der Waals surface area (Å²) in [6.45, 7) is 1.93. The number of hydrogen-bond acceptors (Lipinski definition) is 6. The van der Waals surface area contributed by atoms with Crippen LogP contribution in [0.2, 0.25) is 0 Å². The normalized spacial score (nSPS) is 10.6. The molecule has 0 fully saturated rings. The molecule has 0 heterocycles. The number of rotatable bonds is 12. The summed E-state index contributed by atoms with van der Waals surface area (Å²) in [6, 6.07) is 23.3. The standard InChI is InChI=1S/C28H30O6/c1-31-27(29)25-17-23(13-15-33-19-21-9-5-3-6-10-21)24(18-26(25)28(30)32-2)14-16-34-20-22-11-7-4-8-12-22/h3-12,17-18H,13-16,19-20H2,1-2H3. The molecule has 34 heavy (non-hydrogen) atoms. The molecule has 3 rings (SSSR count). The second-order valence-corrected chi connectivity index (χ2v) is 7.73. The summed E-state index contributed by atoms with van der Waals surface area (Å²) in [5.41, 5.74) is 4.36. The van der Waals surface area contributed by atoms with Crippen LogP contribution in [0.3, 0.4) is 0 Å². The zero-order valence-electron chi connectivity index (χ0n) is 19.6. The molecule has 3 aromatic carbocycles. The van der Waals surface area contributed by atoms with E-state index in [-0.39, 0.29) is 11.1 Å². The van der Waals surface area contributed by atoms with E-state index in [9.17, 15) is 9.59 Å². The molecule has 0 saturated carbocycles. The van der Waals surface area contributed by atoms with Crippen molar-refractivity contribution in [2.75, 3.05) is 27.4 Å². The summed E-state index contributed by atoms with van der Waals surface area (Å²) in [7, 11) is 2.58. The molecule has 0 unspecified atom stereocenters. The van der Waals surface area contributed by atoms with E-state index in [0.29, 0.717) is 39.3 Å². The van der Waals surface area contributed by atoms with Crippen LogP contribution in [0.4, 0.5) is 0 Å². The highest BCUT2D eigenvalue weighted by Crippen LogP contribution is 2.21. The van der Waals surface area contributed by atoms with Crippen LogP contribution >= 0.6 is 0 Å². The zero-order valence-corrected chi connectivity index (χ0v) is 19.6. The maximum absolute atomic E-state index is 12.4. The van der Waals surface area contributed by atoms with E-state index in [0.717, 1.165) is 22.3 Å². The van der Waals surface area contributed by atoms with Gasteiger partial charge in [0.2, 0.25) is 0 Å². The minimum Gasteiger partial charge on any atom is -0.465 e. The van der Waals surface area contributed by atoms with Crippen molar-refractivity contribution >= 4 is 11.9 Å². The maximum atomic E-state index is 12.4. The molecule has 0 amide bonds. The highest BCUT2D eigenvalue weighted by molar-refractivity contribution is 6.03. The Labute approximate surface area is 200 Å². The largest absolute Gasteiger partial charge is 0.465 e. The third-order valence-electron chi connectivity index (χ3n) is 5.40. The molecule has 6 heteroatoms. The minimum absolute atomic E-state index is 0.182. The quantitative estimate of drug-likeness (QED) is 0.285. The van der Waals surface area contributed by atoms with Gasteiger partial charge >= 0.3 is 11.9 Å². The van der Waals surface area contributed by atoms with Crippen LogP contribution in [-0.4, -0.2) is 39.4 Å². The van der Waals surface area contributed by atoms with Crippen molar-refractivity contribution < 1.29 is 28.5 Å². The smallest absolute Gasteiger partial charge is 0.338 e. The monoisotopic (exact) mass is 462 g/mol. The van der Waals surface area contributed by atoms with E-state index >= 15 is 0 Å². The van der Waals surface area contributed by atoms with E-state index in [2.05, 4.69) is 0 Å². The predicted molar refractivity (Wildman–Crippen MR) is 129 cm³/mol. The molecule has 0 aromatic heterocycles. The molecule has 0 aliphatic heterocycles. The Hall–Kier alpha value is -3.48. The van der Waals surface area contributed by atoms with Crippen molar-refractivity contribution in [3.63, 3.8) is 0 Å². The van der Waals surface area contributed by atoms with Gasteiger partial charge in [0.05, 0.1) is 51.8 Å². The van der Waals surface area contributed by atoms with Gasteiger partial charge in [-0.15, -0.1) is 0 Å². The van der Waals surface area contributed by atoms with E-state index in [1.807, 2.05) is 60.7 Å². The fourth-order valence-electron chi connectivity index (χ4n) is 3.61. The summed E-state index contributed by atoms with van der Waals surface area (Å²) in [6.07, 6.45) is 1.15. The fourth-order valence-corrected chi connectivity index (χ4v) is 3.61. The SMILES string of the molecule is COC(=O)c1cc(CCOCc2ccccc2)c(CCOCc2ccccc2)cc1C(=O)OC. The first-order valence-corrected chi connectivity index (χ1v) is 11.2. The van der Waals surface area contributed by atoms with Crippen molar-refractivity contribution in [1.82, 2.24) is 0 Å². The van der Waals surface area contributed by atoms with Crippen LogP contribution in [-0.2, 0) is 45.0 Å². The summed E-state index contributed by atoms with van der Waals surface area (Å²) in [5, 5.41) is 0. The van der Waals surface area contributed by atoms with Crippen LogP contribution in [0.15, 0.2) is 72.8 Å². The van der Waals surface area contributed by atoms with E-state index in [1.165, 1.54) is 14.2 Å². The summed E-state index contributed by atoms with van der Waals surface area (Å²) in [4.78, 5) is 24.7. The second kappa shape index (κ2) is 13.3. The van der Waals surface area contributed by atoms with Crippen LogP contribution < -0.4 is 0 Å². The highest BCUT2D eigenvalue weighted by Gasteiger charge is 2.21. The average Bonchev–Trinajstić information content (AvgIpc) is 2.89. The Morgan fingerprint density at radius 3 is 1.35 bits per heavy atom. The van der Waals surface area contributed by atoms with E-state index < -0.39 is 11.9 Å². The zero-order chi connectivity index (χ0) is 24.2. The molecule has 0 bridgehead atoms. The molecule has 3 aromatic rings. The lowest BCUT2D eigenvalue weighted by atomic mass is 9.94. The number of carbonyl (C=O) groups is 2. The van der Waals surface area contributed by atoms with Gasteiger partial charge in [-0.25, -0.2) is 9.59 Å². The molecule has 0 atom stereocenters. The molecular formula is C28H30O6. The van der Waals surface area contributed by atoms with Crippen LogP contribution in [0, 0.1) is 0 Å². The Bertz CT molecular complexity index is 977. The van der Waals surface area contributed by atoms with E-state index in [1.54, 1.807) is 12.1 Å². The van der Waals surface area contributed by atoms with Crippen molar-refractivity contribution in [3.05, 3.63) is 106 Å². The van der Waals surface area contributed by atoms with Gasteiger partial charge in [0, 0.05) is 0 Å². The molecule has 6 nitrogen and oxygen atoms in total. The number of benzene rings is 3. The van der Waals surface area contributed by atoms with Crippen molar-refractivity contribution in [2.24, 2.45) is 0 Å². The molecule has 0 aliphatic carbocycles. The van der Waals surface area contributed by atoms with Gasteiger partial charge in [-0.1, -0.05) is 60.7 Å². The van der Waals surface area contributed by atoms with Crippen LogP contribution in [0.25, 0.3) is 0 Å². The van der Waals surface area contributed by atoms with Crippen LogP contribution in [0.1, 0.15) is 43.0 Å². The molecule has 0 radical (unpaired) electrons. The third-order valence-corrected chi connectivity index (χ3v) is 5.40. The first-order chi connectivity index (χ1) is 16.6. The van der Waals surface area contributed by atoms with Gasteiger partial charge in [-0.05, 0) is 47.2 Å². The number of methoxy groups -OCH3 is 2. The number of ether oxygens (including phenoxy) is 4. The number of esters is 2. The topological polar surface area (TPSA) is 71.1 Å². The Morgan fingerprint density at radius 2 is 1.00 bits per heavy atom. The predicted octanol–water partition coefficient (Wildman–Crippen LogP) is 4.78. The lowest BCUT2D eigenvalue weighted by Gasteiger charge is -2.15. The fraction of sp³-hybridized carbons (Fsp3) is 0.286. The third kappa shape index (κ3) is 7.27. The first kappa shape index (κ1) is 25.1. The van der Waals surface area contributed by atoms with Crippen molar-refractivity contribution in [1.29, 1.82) is 0 Å². The highest BCUT2D eigenvalue weighted by atomic mass is 16.5. The molecule has 0 saturated heterocycles. The maximum Gasteiger partial charge on any atom is 0.338 e. The van der Waals surface area contributed by atoms with E-state index in [4.69, 9.17) is 18.9 Å². The van der Waals surface area contributed by atoms with Crippen molar-refractivity contribution in [3.8, 4) is 0 Å². The van der Waals surface area contributed by atoms with Gasteiger partial charge in [-0.3, -0.25) is 0 Å². The Morgan fingerprint density at radius 1 is 0.618 bits per heavy atom. The number of hydrogen-bond donors (Lipinski definition) is 0. The van der Waals surface area contributed by atoms with Gasteiger partial charge in [0.25, 0.3) is 0 Å². The molecule has 0 aliphatic rings.